The first-order chi connectivity index (χ1) is 9.61. The molecule has 0 saturated carbocycles. The van der Waals surface area contributed by atoms with E-state index in [2.05, 4.69) is 33.9 Å². The molecule has 6 nitrogen and oxygen atoms in total. The van der Waals surface area contributed by atoms with Crippen molar-refractivity contribution in [1.29, 1.82) is 0 Å². The van der Waals surface area contributed by atoms with E-state index in [-0.39, 0.29) is 5.84 Å². The number of nitrogens with zero attached hydrogens (tertiary/aromatic N) is 4. The van der Waals surface area contributed by atoms with Crippen LogP contribution in [-0.4, -0.2) is 34.1 Å². The van der Waals surface area contributed by atoms with Crippen molar-refractivity contribution in [3.8, 4) is 0 Å². The average molecular weight is 277 g/mol. The zero-order valence-electron chi connectivity index (χ0n) is 12.2. The lowest BCUT2D eigenvalue weighted by Crippen LogP contribution is -2.33. The predicted octanol–water partition coefficient (Wildman–Crippen LogP) is 1.56. The molecule has 0 unspecified atom stereocenters. The fourth-order valence-electron chi connectivity index (χ4n) is 2.64. The van der Waals surface area contributed by atoms with Crippen LogP contribution in [0, 0.1) is 5.92 Å². The highest BCUT2D eigenvalue weighted by Crippen LogP contribution is 2.28. The Balaban J connectivity index is 2.20. The Labute approximate surface area is 119 Å². The fourth-order valence-corrected chi connectivity index (χ4v) is 2.64. The number of hydrogen-bond donors (Lipinski definition) is 2. The molecule has 0 amide bonds. The number of fused-ring (bicyclic) bond motifs is 1. The third-order valence-corrected chi connectivity index (χ3v) is 3.50. The summed E-state index contributed by atoms with van der Waals surface area (Å²) >= 11 is 0. The van der Waals surface area contributed by atoms with Crippen LogP contribution < -0.4 is 10.6 Å². The number of amidine groups is 1. The minimum atomic E-state index is 0.254. The van der Waals surface area contributed by atoms with E-state index in [1.807, 2.05) is 0 Å². The van der Waals surface area contributed by atoms with Gasteiger partial charge in [-0.3, -0.25) is 0 Å². The normalized spacial score (nSPS) is 14.7. The van der Waals surface area contributed by atoms with E-state index in [1.54, 1.807) is 6.33 Å². The highest BCUT2D eigenvalue weighted by Gasteiger charge is 2.21. The maximum Gasteiger partial charge on any atom is 0.140 e. The molecule has 0 saturated heterocycles. The van der Waals surface area contributed by atoms with E-state index in [1.165, 1.54) is 11.3 Å². The van der Waals surface area contributed by atoms with Crippen molar-refractivity contribution in [3.63, 3.8) is 0 Å². The van der Waals surface area contributed by atoms with Gasteiger partial charge in [-0.05, 0) is 25.2 Å². The summed E-state index contributed by atoms with van der Waals surface area (Å²) in [5, 5.41) is 11.7. The first-order valence-corrected chi connectivity index (χ1v) is 7.16. The van der Waals surface area contributed by atoms with Crippen LogP contribution in [0.5, 0.6) is 0 Å². The molecule has 0 radical (unpaired) electrons. The monoisotopic (exact) mass is 277 g/mol. The summed E-state index contributed by atoms with van der Waals surface area (Å²) in [5.74, 6) is 1.80. The van der Waals surface area contributed by atoms with Gasteiger partial charge in [-0.2, -0.15) is 0 Å². The third-order valence-electron chi connectivity index (χ3n) is 3.50. The van der Waals surface area contributed by atoms with Gasteiger partial charge in [-0.1, -0.05) is 19.0 Å². The van der Waals surface area contributed by atoms with Crippen LogP contribution >= 0.6 is 0 Å². The van der Waals surface area contributed by atoms with E-state index in [4.69, 9.17) is 10.9 Å². The Kier molecular flexibility index (Phi) is 4.76. The molecule has 1 heterocycles. The van der Waals surface area contributed by atoms with Crippen LogP contribution in [0.15, 0.2) is 11.5 Å². The SMILES string of the molecule is CC(C)CN(CCC(N)=NO)c1ncnc2c1CCC2. The Hall–Kier alpha value is -1.85. The number of nitrogens with two attached hydrogens (primary N) is 1. The molecule has 0 bridgehead atoms. The topological polar surface area (TPSA) is 87.6 Å². The minimum Gasteiger partial charge on any atom is -0.409 e. The summed E-state index contributed by atoms with van der Waals surface area (Å²) in [7, 11) is 0. The number of oxime groups is 1. The molecule has 3 N–H and O–H groups in total. The smallest absolute Gasteiger partial charge is 0.140 e. The van der Waals surface area contributed by atoms with E-state index >= 15 is 0 Å². The third kappa shape index (κ3) is 3.37. The maximum absolute atomic E-state index is 8.67. The van der Waals surface area contributed by atoms with Crippen LogP contribution in [0.2, 0.25) is 0 Å². The molecule has 1 aliphatic rings. The Morgan fingerprint density at radius 1 is 1.45 bits per heavy atom. The summed E-state index contributed by atoms with van der Waals surface area (Å²) < 4.78 is 0. The molecule has 1 aliphatic carbocycles. The van der Waals surface area contributed by atoms with Gasteiger partial charge in [-0.25, -0.2) is 9.97 Å². The van der Waals surface area contributed by atoms with Gasteiger partial charge in [0.05, 0.1) is 0 Å². The van der Waals surface area contributed by atoms with Crippen molar-refractivity contribution in [1.82, 2.24) is 9.97 Å². The van der Waals surface area contributed by atoms with Crippen molar-refractivity contribution in [2.24, 2.45) is 16.8 Å². The number of rotatable bonds is 6. The van der Waals surface area contributed by atoms with Gasteiger partial charge in [0.2, 0.25) is 0 Å². The molecule has 20 heavy (non-hydrogen) atoms. The van der Waals surface area contributed by atoms with Crippen molar-refractivity contribution in [2.75, 3.05) is 18.0 Å². The lowest BCUT2D eigenvalue weighted by atomic mass is 10.1. The molecule has 1 aromatic rings. The van der Waals surface area contributed by atoms with Crippen LogP contribution in [0.1, 0.15) is 37.9 Å². The second kappa shape index (κ2) is 6.54. The van der Waals surface area contributed by atoms with E-state index in [9.17, 15) is 0 Å². The first kappa shape index (κ1) is 14.6. The van der Waals surface area contributed by atoms with Crippen LogP contribution in [0.25, 0.3) is 0 Å². The second-order valence-electron chi connectivity index (χ2n) is 5.66. The number of anilines is 1. The lowest BCUT2D eigenvalue weighted by Gasteiger charge is -2.27. The Morgan fingerprint density at radius 2 is 2.25 bits per heavy atom. The fraction of sp³-hybridized carbons (Fsp3) is 0.643. The molecule has 0 aromatic carbocycles. The van der Waals surface area contributed by atoms with Crippen molar-refractivity contribution < 1.29 is 5.21 Å². The number of hydrogen-bond acceptors (Lipinski definition) is 5. The quantitative estimate of drug-likeness (QED) is 0.356. The lowest BCUT2D eigenvalue weighted by molar-refractivity contribution is 0.317. The first-order valence-electron chi connectivity index (χ1n) is 7.16. The van der Waals surface area contributed by atoms with Gasteiger partial charge < -0.3 is 15.8 Å². The Morgan fingerprint density at radius 3 is 2.95 bits per heavy atom. The predicted molar refractivity (Wildman–Crippen MR) is 79.1 cm³/mol. The largest absolute Gasteiger partial charge is 0.409 e. The van der Waals surface area contributed by atoms with Gasteiger partial charge in [0, 0.05) is 30.8 Å². The molecule has 2 rings (SSSR count). The van der Waals surface area contributed by atoms with Gasteiger partial charge in [0.1, 0.15) is 18.0 Å². The van der Waals surface area contributed by atoms with Gasteiger partial charge in [0.15, 0.2) is 0 Å². The molecule has 0 atom stereocenters. The van der Waals surface area contributed by atoms with Crippen LogP contribution in [0.4, 0.5) is 5.82 Å². The summed E-state index contributed by atoms with van der Waals surface area (Å²) in [5.41, 5.74) is 8.03. The average Bonchev–Trinajstić information content (AvgIpc) is 2.90. The highest BCUT2D eigenvalue weighted by molar-refractivity contribution is 5.80. The maximum atomic E-state index is 8.67. The number of aryl methyl sites for hydroxylation is 1. The van der Waals surface area contributed by atoms with Gasteiger partial charge in [0.25, 0.3) is 0 Å². The van der Waals surface area contributed by atoms with Crippen molar-refractivity contribution in [2.45, 2.75) is 39.5 Å². The van der Waals surface area contributed by atoms with E-state index in [0.717, 1.165) is 31.6 Å². The zero-order valence-corrected chi connectivity index (χ0v) is 12.2. The summed E-state index contributed by atoms with van der Waals surface area (Å²) in [6, 6.07) is 0. The molecule has 0 aliphatic heterocycles. The molecular weight excluding hydrogens is 254 g/mol. The molecule has 0 fully saturated rings. The molecule has 1 aromatic heterocycles. The van der Waals surface area contributed by atoms with Crippen LogP contribution in [-0.2, 0) is 12.8 Å². The van der Waals surface area contributed by atoms with E-state index < -0.39 is 0 Å². The molecular formula is C14H23N5O. The van der Waals surface area contributed by atoms with E-state index in [0.29, 0.717) is 18.9 Å². The summed E-state index contributed by atoms with van der Waals surface area (Å²) in [4.78, 5) is 11.1. The van der Waals surface area contributed by atoms with Gasteiger partial charge >= 0.3 is 0 Å². The second-order valence-corrected chi connectivity index (χ2v) is 5.66. The zero-order chi connectivity index (χ0) is 14.5. The van der Waals surface area contributed by atoms with Crippen molar-refractivity contribution >= 4 is 11.7 Å². The summed E-state index contributed by atoms with van der Waals surface area (Å²) in [6.45, 7) is 5.97. The van der Waals surface area contributed by atoms with Crippen molar-refractivity contribution in [3.05, 3.63) is 17.6 Å². The standard InChI is InChI=1S/C14H23N5O/c1-10(2)8-19(7-6-13(15)18-20)14-11-4-3-5-12(11)16-9-17-14/h9-10,20H,3-8H2,1-2H3,(H2,15,18). The van der Waals surface area contributed by atoms with Crippen LogP contribution in [0.3, 0.4) is 0 Å². The van der Waals surface area contributed by atoms with Gasteiger partial charge in [-0.15, -0.1) is 0 Å². The molecule has 0 spiro atoms. The number of aromatic nitrogens is 2. The highest BCUT2D eigenvalue weighted by atomic mass is 16.4. The molecule has 6 heteroatoms. The minimum absolute atomic E-state index is 0.254. The Bertz CT molecular complexity index is 486. The molecule has 110 valence electrons. The summed E-state index contributed by atoms with van der Waals surface area (Å²) in [6.07, 6.45) is 5.42.